The van der Waals surface area contributed by atoms with Crippen LogP contribution in [-0.4, -0.2) is 24.0 Å². The van der Waals surface area contributed by atoms with Crippen molar-refractivity contribution in [3.8, 4) is 0 Å². The van der Waals surface area contributed by atoms with Crippen molar-refractivity contribution in [3.05, 3.63) is 0 Å². The average Bonchev–Trinajstić information content (AvgIpc) is 2.60. The zero-order valence-corrected chi connectivity index (χ0v) is 9.81. The number of hydrogen-bond acceptors (Lipinski definition) is 2. The SMILES string of the molecule is CC(C)C(=O)NC12CCCCC1NCC2. The fourth-order valence-electron chi connectivity index (χ4n) is 2.91. The van der Waals surface area contributed by atoms with Crippen molar-refractivity contribution in [1.29, 1.82) is 0 Å². The second-order valence-corrected chi connectivity index (χ2v) is 5.30. The Morgan fingerprint density at radius 3 is 2.93 bits per heavy atom. The van der Waals surface area contributed by atoms with Gasteiger partial charge in [-0.1, -0.05) is 26.7 Å². The minimum absolute atomic E-state index is 0.0829. The molecule has 2 unspecified atom stereocenters. The van der Waals surface area contributed by atoms with E-state index in [4.69, 9.17) is 0 Å². The van der Waals surface area contributed by atoms with Gasteiger partial charge in [0.2, 0.25) is 5.91 Å². The summed E-state index contributed by atoms with van der Waals surface area (Å²) >= 11 is 0. The van der Waals surface area contributed by atoms with Gasteiger partial charge in [0.05, 0.1) is 5.54 Å². The maximum absolute atomic E-state index is 11.8. The van der Waals surface area contributed by atoms with E-state index < -0.39 is 0 Å². The van der Waals surface area contributed by atoms with E-state index in [-0.39, 0.29) is 17.4 Å². The molecule has 1 saturated heterocycles. The standard InChI is InChI=1S/C12H22N2O/c1-9(2)11(15)14-12-6-4-3-5-10(12)13-8-7-12/h9-10,13H,3-8H2,1-2H3,(H,14,15). The normalized spacial score (nSPS) is 35.3. The van der Waals surface area contributed by atoms with Gasteiger partial charge in [-0.3, -0.25) is 4.79 Å². The van der Waals surface area contributed by atoms with Crippen LogP contribution in [0.4, 0.5) is 0 Å². The second kappa shape index (κ2) is 4.12. The number of amides is 1. The minimum atomic E-state index is 0.0829. The van der Waals surface area contributed by atoms with Crippen LogP contribution in [0.25, 0.3) is 0 Å². The maximum Gasteiger partial charge on any atom is 0.223 e. The molecule has 2 atom stereocenters. The number of nitrogens with one attached hydrogen (secondary N) is 2. The molecule has 1 aliphatic heterocycles. The molecule has 3 nitrogen and oxygen atoms in total. The van der Waals surface area contributed by atoms with E-state index >= 15 is 0 Å². The Morgan fingerprint density at radius 2 is 2.20 bits per heavy atom. The molecular weight excluding hydrogens is 188 g/mol. The molecule has 0 bridgehead atoms. The highest BCUT2D eigenvalue weighted by Gasteiger charge is 2.45. The van der Waals surface area contributed by atoms with Crippen LogP contribution in [0.2, 0.25) is 0 Å². The van der Waals surface area contributed by atoms with Gasteiger partial charge < -0.3 is 10.6 Å². The van der Waals surface area contributed by atoms with Crippen LogP contribution in [0.5, 0.6) is 0 Å². The third-order valence-electron chi connectivity index (χ3n) is 3.89. The molecule has 0 aromatic rings. The van der Waals surface area contributed by atoms with Crippen LogP contribution in [0.1, 0.15) is 46.0 Å². The van der Waals surface area contributed by atoms with Crippen LogP contribution in [0, 0.1) is 5.92 Å². The summed E-state index contributed by atoms with van der Waals surface area (Å²) in [4.78, 5) is 11.8. The Hall–Kier alpha value is -0.570. The first-order valence-electron chi connectivity index (χ1n) is 6.19. The lowest BCUT2D eigenvalue weighted by Gasteiger charge is -2.40. The summed E-state index contributed by atoms with van der Waals surface area (Å²) in [5.74, 6) is 0.313. The summed E-state index contributed by atoms with van der Waals surface area (Å²) in [5.41, 5.74) is 0.0829. The molecule has 1 heterocycles. The van der Waals surface area contributed by atoms with Gasteiger partial charge in [-0.05, 0) is 25.8 Å². The first kappa shape index (κ1) is 10.9. The van der Waals surface area contributed by atoms with E-state index in [0.29, 0.717) is 6.04 Å². The van der Waals surface area contributed by atoms with Gasteiger partial charge in [0, 0.05) is 12.0 Å². The fourth-order valence-corrected chi connectivity index (χ4v) is 2.91. The van der Waals surface area contributed by atoms with Crippen molar-refractivity contribution < 1.29 is 4.79 Å². The van der Waals surface area contributed by atoms with Gasteiger partial charge in [0.25, 0.3) is 0 Å². The molecule has 1 aliphatic carbocycles. The number of fused-ring (bicyclic) bond motifs is 1. The molecule has 3 heteroatoms. The van der Waals surface area contributed by atoms with Gasteiger partial charge in [-0.2, -0.15) is 0 Å². The molecule has 2 N–H and O–H groups in total. The molecule has 0 radical (unpaired) electrons. The lowest BCUT2D eigenvalue weighted by atomic mass is 9.77. The van der Waals surface area contributed by atoms with Crippen molar-refractivity contribution >= 4 is 5.91 Å². The van der Waals surface area contributed by atoms with E-state index in [1.165, 1.54) is 19.3 Å². The Bertz CT molecular complexity index is 252. The molecule has 2 rings (SSSR count). The Kier molecular flexibility index (Phi) is 3.01. The maximum atomic E-state index is 11.8. The monoisotopic (exact) mass is 210 g/mol. The Balaban J connectivity index is 2.06. The van der Waals surface area contributed by atoms with E-state index in [2.05, 4.69) is 10.6 Å². The van der Waals surface area contributed by atoms with Gasteiger partial charge in [-0.25, -0.2) is 0 Å². The summed E-state index contributed by atoms with van der Waals surface area (Å²) in [6, 6.07) is 0.522. The van der Waals surface area contributed by atoms with Gasteiger partial charge in [-0.15, -0.1) is 0 Å². The Morgan fingerprint density at radius 1 is 1.40 bits per heavy atom. The highest BCUT2D eigenvalue weighted by atomic mass is 16.2. The van der Waals surface area contributed by atoms with Gasteiger partial charge >= 0.3 is 0 Å². The molecule has 0 aromatic heterocycles. The fraction of sp³-hybridized carbons (Fsp3) is 0.917. The van der Waals surface area contributed by atoms with Crippen LogP contribution in [0.15, 0.2) is 0 Å². The van der Waals surface area contributed by atoms with Crippen molar-refractivity contribution in [2.24, 2.45) is 5.92 Å². The van der Waals surface area contributed by atoms with E-state index in [0.717, 1.165) is 19.4 Å². The molecule has 86 valence electrons. The summed E-state index contributed by atoms with van der Waals surface area (Å²) in [7, 11) is 0. The third-order valence-corrected chi connectivity index (χ3v) is 3.89. The quantitative estimate of drug-likeness (QED) is 0.724. The highest BCUT2D eigenvalue weighted by molar-refractivity contribution is 5.78. The van der Waals surface area contributed by atoms with Crippen LogP contribution < -0.4 is 10.6 Å². The molecule has 2 fully saturated rings. The van der Waals surface area contributed by atoms with Crippen molar-refractivity contribution in [3.63, 3.8) is 0 Å². The molecule has 1 amide bonds. The van der Waals surface area contributed by atoms with Crippen molar-refractivity contribution in [2.75, 3.05) is 6.54 Å². The van der Waals surface area contributed by atoms with Gasteiger partial charge in [0.1, 0.15) is 0 Å². The smallest absolute Gasteiger partial charge is 0.223 e. The minimum Gasteiger partial charge on any atom is -0.349 e. The highest BCUT2D eigenvalue weighted by Crippen LogP contribution is 2.35. The van der Waals surface area contributed by atoms with Gasteiger partial charge in [0.15, 0.2) is 0 Å². The summed E-state index contributed by atoms with van der Waals surface area (Å²) in [5, 5.41) is 6.82. The number of carbonyl (C=O) groups excluding carboxylic acids is 1. The molecule has 0 spiro atoms. The summed E-state index contributed by atoms with van der Waals surface area (Å²) in [6.07, 6.45) is 6.05. The van der Waals surface area contributed by atoms with Crippen LogP contribution in [-0.2, 0) is 4.79 Å². The predicted molar refractivity (Wildman–Crippen MR) is 60.6 cm³/mol. The van der Waals surface area contributed by atoms with E-state index in [9.17, 15) is 4.79 Å². The zero-order chi connectivity index (χ0) is 10.9. The molecule has 2 aliphatic rings. The van der Waals surface area contributed by atoms with Crippen molar-refractivity contribution in [1.82, 2.24) is 10.6 Å². The first-order chi connectivity index (χ1) is 7.14. The second-order valence-electron chi connectivity index (χ2n) is 5.30. The topological polar surface area (TPSA) is 41.1 Å². The number of hydrogen-bond donors (Lipinski definition) is 2. The lowest BCUT2D eigenvalue weighted by Crippen LogP contribution is -2.58. The van der Waals surface area contributed by atoms with E-state index in [1.54, 1.807) is 0 Å². The van der Waals surface area contributed by atoms with Crippen LogP contribution >= 0.6 is 0 Å². The molecular formula is C12H22N2O. The zero-order valence-electron chi connectivity index (χ0n) is 9.81. The number of carbonyl (C=O) groups is 1. The predicted octanol–water partition coefficient (Wildman–Crippen LogP) is 1.43. The summed E-state index contributed by atoms with van der Waals surface area (Å²) in [6.45, 7) is 4.99. The summed E-state index contributed by atoms with van der Waals surface area (Å²) < 4.78 is 0. The molecule has 1 saturated carbocycles. The van der Waals surface area contributed by atoms with E-state index in [1.807, 2.05) is 13.8 Å². The molecule has 15 heavy (non-hydrogen) atoms. The largest absolute Gasteiger partial charge is 0.349 e. The lowest BCUT2D eigenvalue weighted by molar-refractivity contribution is -0.126. The average molecular weight is 210 g/mol. The van der Waals surface area contributed by atoms with Crippen LogP contribution in [0.3, 0.4) is 0 Å². The molecule has 0 aromatic carbocycles. The Labute approximate surface area is 92.0 Å². The van der Waals surface area contributed by atoms with Crippen molar-refractivity contribution in [2.45, 2.75) is 57.5 Å². The number of rotatable bonds is 2. The first-order valence-corrected chi connectivity index (χ1v) is 6.19. The third kappa shape index (κ3) is 2.03.